The van der Waals surface area contributed by atoms with Gasteiger partial charge in [-0.05, 0) is 24.6 Å². The van der Waals surface area contributed by atoms with Crippen molar-refractivity contribution in [3.05, 3.63) is 28.8 Å². The van der Waals surface area contributed by atoms with Gasteiger partial charge in [0.1, 0.15) is 11.9 Å². The molecule has 2 rings (SSSR count). The molecule has 0 amide bonds. The van der Waals surface area contributed by atoms with Crippen molar-refractivity contribution in [2.75, 3.05) is 13.2 Å². The first-order chi connectivity index (χ1) is 8.58. The van der Waals surface area contributed by atoms with Crippen molar-refractivity contribution in [2.45, 2.75) is 25.4 Å². The summed E-state index contributed by atoms with van der Waals surface area (Å²) in [6.45, 7) is 2.90. The minimum Gasteiger partial charge on any atom is -0.486 e. The Morgan fingerprint density at radius 1 is 1.61 bits per heavy atom. The highest BCUT2D eigenvalue weighted by Gasteiger charge is 2.20. The summed E-state index contributed by atoms with van der Waals surface area (Å²) < 4.78 is 10.9. The van der Waals surface area contributed by atoms with Crippen LogP contribution in [-0.4, -0.2) is 30.4 Å². The molecule has 1 aliphatic rings. The smallest absolute Gasteiger partial charge is 0.310 e. The van der Waals surface area contributed by atoms with E-state index in [2.05, 4.69) is 0 Å². The van der Waals surface area contributed by atoms with Crippen LogP contribution in [0.15, 0.2) is 18.2 Å². The van der Waals surface area contributed by atoms with Gasteiger partial charge >= 0.3 is 5.97 Å². The summed E-state index contributed by atoms with van der Waals surface area (Å²) in [4.78, 5) is 10.9. The average Bonchev–Trinajstić information content (AvgIpc) is 2.83. The molecule has 0 saturated carbocycles. The first-order valence-corrected chi connectivity index (χ1v) is 6.22. The third-order valence-electron chi connectivity index (χ3n) is 3.01. The molecule has 0 radical (unpaired) electrons. The van der Waals surface area contributed by atoms with Crippen molar-refractivity contribution in [3.8, 4) is 5.75 Å². The third kappa shape index (κ3) is 2.94. The van der Waals surface area contributed by atoms with Gasteiger partial charge in [-0.1, -0.05) is 17.7 Å². The van der Waals surface area contributed by atoms with Crippen molar-refractivity contribution in [2.24, 2.45) is 0 Å². The monoisotopic (exact) mass is 270 g/mol. The molecular formula is C13H15ClO4. The van der Waals surface area contributed by atoms with Crippen LogP contribution in [-0.2, 0) is 9.53 Å². The highest BCUT2D eigenvalue weighted by atomic mass is 35.5. The van der Waals surface area contributed by atoms with E-state index in [0.717, 1.165) is 6.42 Å². The van der Waals surface area contributed by atoms with Crippen LogP contribution in [0.3, 0.4) is 0 Å². The fraction of sp³-hybridized carbons (Fsp3) is 0.462. The molecule has 1 aliphatic heterocycles. The van der Waals surface area contributed by atoms with Gasteiger partial charge in [-0.25, -0.2) is 0 Å². The molecule has 1 aromatic carbocycles. The molecule has 2 unspecified atom stereocenters. The molecule has 0 aromatic heterocycles. The normalized spacial score (nSPS) is 20.7. The predicted octanol–water partition coefficient (Wildman–Crippen LogP) is 2.70. The third-order valence-corrected chi connectivity index (χ3v) is 3.30. The first kappa shape index (κ1) is 13.2. The summed E-state index contributed by atoms with van der Waals surface area (Å²) >= 11 is 6.10. The lowest BCUT2D eigenvalue weighted by Gasteiger charge is -2.14. The molecule has 1 heterocycles. The highest BCUT2D eigenvalue weighted by Crippen LogP contribution is 2.30. The summed E-state index contributed by atoms with van der Waals surface area (Å²) in [6, 6.07) is 5.09. The van der Waals surface area contributed by atoms with Crippen LogP contribution in [0.25, 0.3) is 0 Å². The Balaban J connectivity index is 2.11. The maximum absolute atomic E-state index is 10.9. The fourth-order valence-corrected chi connectivity index (χ4v) is 2.04. The molecule has 2 atom stereocenters. The number of hydrogen-bond acceptors (Lipinski definition) is 3. The molecule has 0 spiro atoms. The van der Waals surface area contributed by atoms with Gasteiger partial charge in [0.25, 0.3) is 0 Å². The van der Waals surface area contributed by atoms with E-state index in [1.54, 1.807) is 25.1 Å². The van der Waals surface area contributed by atoms with Crippen molar-refractivity contribution >= 4 is 17.6 Å². The van der Waals surface area contributed by atoms with Crippen molar-refractivity contribution in [1.82, 2.24) is 0 Å². The number of hydrogen-bond donors (Lipinski definition) is 1. The quantitative estimate of drug-likeness (QED) is 0.914. The van der Waals surface area contributed by atoms with Crippen LogP contribution >= 0.6 is 11.6 Å². The Morgan fingerprint density at radius 3 is 2.94 bits per heavy atom. The molecule has 18 heavy (non-hydrogen) atoms. The van der Waals surface area contributed by atoms with Gasteiger partial charge in [0.15, 0.2) is 0 Å². The Bertz CT molecular complexity index is 441. The Kier molecular flexibility index (Phi) is 4.09. The summed E-state index contributed by atoms with van der Waals surface area (Å²) in [7, 11) is 0. The van der Waals surface area contributed by atoms with Gasteiger partial charge in [-0.3, -0.25) is 4.79 Å². The van der Waals surface area contributed by atoms with E-state index < -0.39 is 11.9 Å². The van der Waals surface area contributed by atoms with E-state index in [0.29, 0.717) is 29.5 Å². The second-order valence-corrected chi connectivity index (χ2v) is 4.76. The first-order valence-electron chi connectivity index (χ1n) is 5.84. The summed E-state index contributed by atoms with van der Waals surface area (Å²) in [5, 5.41) is 9.37. The predicted molar refractivity (Wildman–Crippen MR) is 67.4 cm³/mol. The second-order valence-electron chi connectivity index (χ2n) is 4.35. The van der Waals surface area contributed by atoms with E-state index in [4.69, 9.17) is 26.2 Å². The largest absolute Gasteiger partial charge is 0.486 e. The average molecular weight is 271 g/mol. The maximum Gasteiger partial charge on any atom is 0.310 e. The Labute approximate surface area is 110 Å². The number of carboxylic acid groups (broad SMARTS) is 1. The number of carboxylic acids is 1. The van der Waals surface area contributed by atoms with Crippen LogP contribution in [0.4, 0.5) is 0 Å². The number of rotatable bonds is 4. The van der Waals surface area contributed by atoms with E-state index in [1.165, 1.54) is 0 Å². The molecule has 1 saturated heterocycles. The van der Waals surface area contributed by atoms with Gasteiger partial charge in [-0.2, -0.15) is 0 Å². The van der Waals surface area contributed by atoms with Crippen molar-refractivity contribution < 1.29 is 19.4 Å². The number of benzene rings is 1. The zero-order valence-electron chi connectivity index (χ0n) is 10.1. The van der Waals surface area contributed by atoms with Crippen molar-refractivity contribution in [3.63, 3.8) is 0 Å². The summed E-state index contributed by atoms with van der Waals surface area (Å²) in [5.74, 6) is -0.871. The Morgan fingerprint density at radius 2 is 2.39 bits per heavy atom. The van der Waals surface area contributed by atoms with Gasteiger partial charge in [-0.15, -0.1) is 0 Å². The molecule has 1 aromatic rings. The number of halogens is 1. The molecule has 98 valence electrons. The van der Waals surface area contributed by atoms with Gasteiger partial charge in [0.05, 0.1) is 24.2 Å². The standard InChI is InChI=1S/C13H15ClO4/c1-8(13(15)16)9-2-3-12(11(14)6-9)18-10-4-5-17-7-10/h2-3,6,8,10H,4-5,7H2,1H3,(H,15,16). The van der Waals surface area contributed by atoms with Gasteiger partial charge in [0.2, 0.25) is 0 Å². The summed E-state index contributed by atoms with van der Waals surface area (Å²) in [5.41, 5.74) is 0.669. The molecule has 4 nitrogen and oxygen atoms in total. The second kappa shape index (κ2) is 5.59. The molecule has 1 N–H and O–H groups in total. The maximum atomic E-state index is 10.9. The topological polar surface area (TPSA) is 55.8 Å². The van der Waals surface area contributed by atoms with E-state index in [-0.39, 0.29) is 6.10 Å². The molecule has 1 fully saturated rings. The fourth-order valence-electron chi connectivity index (χ4n) is 1.81. The lowest BCUT2D eigenvalue weighted by molar-refractivity contribution is -0.138. The highest BCUT2D eigenvalue weighted by molar-refractivity contribution is 6.32. The van der Waals surface area contributed by atoms with Crippen LogP contribution in [0.2, 0.25) is 5.02 Å². The van der Waals surface area contributed by atoms with Gasteiger partial charge in [0, 0.05) is 6.42 Å². The van der Waals surface area contributed by atoms with E-state index >= 15 is 0 Å². The number of aliphatic carboxylic acids is 1. The lowest BCUT2D eigenvalue weighted by Crippen LogP contribution is -2.16. The van der Waals surface area contributed by atoms with Gasteiger partial charge < -0.3 is 14.6 Å². The molecule has 0 aliphatic carbocycles. The van der Waals surface area contributed by atoms with Crippen LogP contribution in [0, 0.1) is 0 Å². The van der Waals surface area contributed by atoms with Crippen LogP contribution in [0.1, 0.15) is 24.8 Å². The Hall–Kier alpha value is -1.26. The minimum absolute atomic E-state index is 0.0326. The molecular weight excluding hydrogens is 256 g/mol. The molecule has 5 heteroatoms. The zero-order chi connectivity index (χ0) is 13.1. The number of ether oxygens (including phenoxy) is 2. The lowest BCUT2D eigenvalue weighted by atomic mass is 10.0. The van der Waals surface area contributed by atoms with E-state index in [1.807, 2.05) is 0 Å². The number of carbonyl (C=O) groups is 1. The summed E-state index contributed by atoms with van der Waals surface area (Å²) in [6.07, 6.45) is 0.883. The van der Waals surface area contributed by atoms with Crippen LogP contribution in [0.5, 0.6) is 5.75 Å². The van der Waals surface area contributed by atoms with Crippen LogP contribution < -0.4 is 4.74 Å². The van der Waals surface area contributed by atoms with Crippen molar-refractivity contribution in [1.29, 1.82) is 0 Å². The SMILES string of the molecule is CC(C(=O)O)c1ccc(OC2CCOC2)c(Cl)c1. The van der Waals surface area contributed by atoms with E-state index in [9.17, 15) is 4.79 Å². The zero-order valence-corrected chi connectivity index (χ0v) is 10.8. The minimum atomic E-state index is -0.871. The molecule has 0 bridgehead atoms.